The highest BCUT2D eigenvalue weighted by Crippen LogP contribution is 2.24. The van der Waals surface area contributed by atoms with Gasteiger partial charge < -0.3 is 5.32 Å². The van der Waals surface area contributed by atoms with Crippen LogP contribution >= 0.6 is 11.3 Å². The highest BCUT2D eigenvalue weighted by Gasteiger charge is 2.22. The van der Waals surface area contributed by atoms with Crippen molar-refractivity contribution in [2.75, 3.05) is 12.4 Å². The van der Waals surface area contributed by atoms with Gasteiger partial charge in [-0.15, -0.1) is 11.3 Å². The molecule has 0 aliphatic heterocycles. The summed E-state index contributed by atoms with van der Waals surface area (Å²) in [7, 11) is -1.89. The summed E-state index contributed by atoms with van der Waals surface area (Å²) in [6.45, 7) is 3.73. The summed E-state index contributed by atoms with van der Waals surface area (Å²) in [5.41, 5.74) is 0.572. The number of thiazole rings is 1. The molecule has 0 radical (unpaired) electrons. The van der Waals surface area contributed by atoms with E-state index >= 15 is 0 Å². The van der Waals surface area contributed by atoms with Crippen LogP contribution in [-0.4, -0.2) is 20.4 Å². The largest absolute Gasteiger partial charge is 0.387 e. The minimum absolute atomic E-state index is 0.239. The highest BCUT2D eigenvalue weighted by molar-refractivity contribution is 7.89. The summed E-state index contributed by atoms with van der Waals surface area (Å²) in [5, 5.41) is 3.64. The van der Waals surface area contributed by atoms with E-state index in [1.807, 2.05) is 6.92 Å². The van der Waals surface area contributed by atoms with Crippen molar-refractivity contribution >= 4 is 27.0 Å². The first-order chi connectivity index (χ1) is 9.44. The lowest BCUT2D eigenvalue weighted by Gasteiger charge is -2.14. The van der Waals surface area contributed by atoms with Gasteiger partial charge in [-0.05, 0) is 26.0 Å². The van der Waals surface area contributed by atoms with Crippen molar-refractivity contribution in [2.45, 2.75) is 24.8 Å². The minimum Gasteiger partial charge on any atom is -0.387 e. The number of rotatable bonds is 5. The number of sulfonamides is 1. The van der Waals surface area contributed by atoms with Crippen molar-refractivity contribution in [2.24, 2.45) is 0 Å². The van der Waals surface area contributed by atoms with E-state index in [0.29, 0.717) is 5.69 Å². The molecule has 1 heterocycles. The Labute approximate surface area is 123 Å². The number of aryl methyl sites for hydroxylation is 1. The maximum absolute atomic E-state index is 12.4. The Morgan fingerprint density at radius 3 is 2.60 bits per heavy atom. The van der Waals surface area contributed by atoms with Crippen LogP contribution in [-0.2, 0) is 10.0 Å². The molecule has 0 aliphatic carbocycles. The first kappa shape index (κ1) is 15.0. The molecule has 1 aromatic heterocycles. The summed E-state index contributed by atoms with van der Waals surface area (Å²) >= 11 is 1.49. The van der Waals surface area contributed by atoms with E-state index in [4.69, 9.17) is 0 Å². The number of benzene rings is 1. The van der Waals surface area contributed by atoms with Crippen LogP contribution in [0.2, 0.25) is 0 Å². The number of aromatic nitrogens is 1. The van der Waals surface area contributed by atoms with Crippen LogP contribution < -0.4 is 10.0 Å². The zero-order chi connectivity index (χ0) is 14.8. The molecule has 2 rings (SSSR count). The number of para-hydroxylation sites is 1. The van der Waals surface area contributed by atoms with Crippen LogP contribution in [0.5, 0.6) is 0 Å². The van der Waals surface area contributed by atoms with Gasteiger partial charge in [0.2, 0.25) is 10.0 Å². The molecule has 0 fully saturated rings. The van der Waals surface area contributed by atoms with Crippen molar-refractivity contribution in [1.82, 2.24) is 9.71 Å². The molecule has 0 amide bonds. The molecule has 0 spiro atoms. The molecular formula is C13H17N3O2S2. The van der Waals surface area contributed by atoms with E-state index in [0.717, 1.165) is 9.88 Å². The molecule has 1 atom stereocenters. The van der Waals surface area contributed by atoms with Gasteiger partial charge in [-0.2, -0.15) is 0 Å². The van der Waals surface area contributed by atoms with Gasteiger partial charge in [-0.3, -0.25) is 0 Å². The van der Waals surface area contributed by atoms with Crippen molar-refractivity contribution < 1.29 is 8.42 Å². The predicted molar refractivity (Wildman–Crippen MR) is 81.6 cm³/mol. The fourth-order valence-electron chi connectivity index (χ4n) is 1.83. The molecule has 0 bridgehead atoms. The first-order valence-corrected chi connectivity index (χ1v) is 8.45. The topological polar surface area (TPSA) is 71.1 Å². The van der Waals surface area contributed by atoms with Crippen LogP contribution in [0.3, 0.4) is 0 Å². The van der Waals surface area contributed by atoms with E-state index in [9.17, 15) is 8.42 Å². The van der Waals surface area contributed by atoms with Gasteiger partial charge in [0, 0.05) is 18.1 Å². The lowest BCUT2D eigenvalue weighted by Crippen LogP contribution is -2.27. The number of hydrogen-bond donors (Lipinski definition) is 2. The normalized spacial score (nSPS) is 13.2. The van der Waals surface area contributed by atoms with E-state index in [2.05, 4.69) is 15.0 Å². The predicted octanol–water partition coefficient (Wildman–Crippen LogP) is 2.53. The number of nitrogens with one attached hydrogen (secondary N) is 2. The Morgan fingerprint density at radius 2 is 2.00 bits per heavy atom. The Balaban J connectivity index is 2.27. The Bertz CT molecular complexity index is 695. The molecule has 1 aromatic carbocycles. The molecule has 20 heavy (non-hydrogen) atoms. The molecule has 2 N–H and O–H groups in total. The molecule has 7 heteroatoms. The average Bonchev–Trinajstić information content (AvgIpc) is 2.85. The lowest BCUT2D eigenvalue weighted by molar-refractivity contribution is 0.566. The van der Waals surface area contributed by atoms with E-state index < -0.39 is 10.0 Å². The van der Waals surface area contributed by atoms with Crippen molar-refractivity contribution in [3.63, 3.8) is 0 Å². The van der Waals surface area contributed by atoms with Gasteiger partial charge in [-0.25, -0.2) is 18.1 Å². The Kier molecular flexibility index (Phi) is 4.42. The summed E-state index contributed by atoms with van der Waals surface area (Å²) in [6, 6.07) is 6.44. The first-order valence-electron chi connectivity index (χ1n) is 6.15. The Morgan fingerprint density at radius 1 is 1.30 bits per heavy atom. The molecule has 1 unspecified atom stereocenters. The molecular weight excluding hydrogens is 294 g/mol. The average molecular weight is 311 g/mol. The minimum atomic E-state index is -3.59. The van der Waals surface area contributed by atoms with Crippen LogP contribution in [0.25, 0.3) is 0 Å². The zero-order valence-corrected chi connectivity index (χ0v) is 13.2. The lowest BCUT2D eigenvalue weighted by atomic mass is 10.3. The van der Waals surface area contributed by atoms with Gasteiger partial charge in [0.25, 0.3) is 0 Å². The van der Waals surface area contributed by atoms with Gasteiger partial charge in [-0.1, -0.05) is 12.1 Å². The molecule has 0 aliphatic rings. The third kappa shape index (κ3) is 3.17. The zero-order valence-electron chi connectivity index (χ0n) is 11.5. The Hall–Kier alpha value is -1.44. The second-order valence-corrected chi connectivity index (χ2v) is 7.35. The molecule has 5 nitrogen and oxygen atoms in total. The van der Waals surface area contributed by atoms with Gasteiger partial charge >= 0.3 is 0 Å². The molecule has 108 valence electrons. The third-order valence-electron chi connectivity index (χ3n) is 2.79. The van der Waals surface area contributed by atoms with Crippen LogP contribution in [0.4, 0.5) is 5.69 Å². The molecule has 0 saturated carbocycles. The second kappa shape index (κ2) is 5.90. The monoisotopic (exact) mass is 311 g/mol. The van der Waals surface area contributed by atoms with Crippen LogP contribution in [0.15, 0.2) is 35.4 Å². The number of nitrogens with zero attached hydrogens (tertiary/aromatic N) is 1. The number of anilines is 1. The summed E-state index contributed by atoms with van der Waals surface area (Å²) in [6.07, 6.45) is 1.74. The fraction of sp³-hybridized carbons (Fsp3) is 0.308. The highest BCUT2D eigenvalue weighted by atomic mass is 32.2. The summed E-state index contributed by atoms with van der Waals surface area (Å²) in [5.74, 6) is 0. The van der Waals surface area contributed by atoms with Crippen molar-refractivity contribution in [3.05, 3.63) is 40.3 Å². The smallest absolute Gasteiger partial charge is 0.243 e. The quantitative estimate of drug-likeness (QED) is 0.890. The van der Waals surface area contributed by atoms with Gasteiger partial charge in [0.05, 0.1) is 11.7 Å². The maximum Gasteiger partial charge on any atom is 0.243 e. The van der Waals surface area contributed by atoms with Crippen LogP contribution in [0.1, 0.15) is 22.9 Å². The van der Waals surface area contributed by atoms with E-state index in [-0.39, 0.29) is 10.9 Å². The van der Waals surface area contributed by atoms with Crippen molar-refractivity contribution in [3.8, 4) is 0 Å². The van der Waals surface area contributed by atoms with Crippen molar-refractivity contribution in [1.29, 1.82) is 0 Å². The second-order valence-electron chi connectivity index (χ2n) is 4.40. The molecule has 0 saturated heterocycles. The summed E-state index contributed by atoms with van der Waals surface area (Å²) in [4.78, 5) is 5.51. The SMILES string of the molecule is CNc1ccccc1S(=O)(=O)NC(C)c1ncc(C)s1. The maximum atomic E-state index is 12.4. The third-order valence-corrected chi connectivity index (χ3v) is 5.48. The van der Waals surface area contributed by atoms with E-state index in [1.54, 1.807) is 44.4 Å². The fourth-order valence-corrected chi connectivity index (χ4v) is 4.10. The number of hydrogen-bond acceptors (Lipinski definition) is 5. The van der Waals surface area contributed by atoms with Gasteiger partial charge in [0.15, 0.2) is 0 Å². The van der Waals surface area contributed by atoms with Gasteiger partial charge in [0.1, 0.15) is 9.90 Å². The molecule has 2 aromatic rings. The van der Waals surface area contributed by atoms with E-state index in [1.165, 1.54) is 11.3 Å². The van der Waals surface area contributed by atoms with Crippen LogP contribution in [0, 0.1) is 6.92 Å². The standard InChI is InChI=1S/C13H17N3O2S2/c1-9-8-15-13(19-9)10(2)16-20(17,18)12-7-5-4-6-11(12)14-3/h4-8,10,14,16H,1-3H3. The summed E-state index contributed by atoms with van der Waals surface area (Å²) < 4.78 is 27.5.